The number of ether oxygens (including phenoxy) is 1. The maximum Gasteiger partial charge on any atom is 0.118 e. The molecule has 2 rings (SSSR count). The fourth-order valence-electron chi connectivity index (χ4n) is 5.29. The third-order valence-electron chi connectivity index (χ3n) is 6.87. The minimum absolute atomic E-state index is 0.787. The van der Waals surface area contributed by atoms with E-state index in [1.807, 2.05) is 0 Å². The van der Waals surface area contributed by atoms with Crippen molar-refractivity contribution in [2.75, 3.05) is 7.11 Å². The van der Waals surface area contributed by atoms with Crippen LogP contribution in [-0.2, 0) is 0 Å². The van der Waals surface area contributed by atoms with E-state index in [-0.39, 0.29) is 0 Å². The number of hydrogen-bond acceptors (Lipinski definition) is 1. The number of methoxy groups -OCH3 is 1. The van der Waals surface area contributed by atoms with Gasteiger partial charge in [-0.3, -0.25) is 0 Å². The monoisotopic (exact) mass is 360 g/mol. The molecule has 1 aliphatic rings. The van der Waals surface area contributed by atoms with Crippen LogP contribution in [0, 0.1) is 5.92 Å². The molecule has 0 heterocycles. The molecule has 0 saturated heterocycles. The average Bonchev–Trinajstić information content (AvgIpc) is 2.87. The van der Waals surface area contributed by atoms with Crippen LogP contribution in [0.15, 0.2) is 24.3 Å². The van der Waals surface area contributed by atoms with Crippen LogP contribution in [0.3, 0.4) is 0 Å². The molecule has 0 amide bonds. The Hall–Kier alpha value is -0.763. The maximum atomic E-state index is 5.39. The van der Waals surface area contributed by atoms with Gasteiger partial charge in [-0.25, -0.2) is 0 Å². The summed E-state index contributed by atoms with van der Waals surface area (Å²) in [4.78, 5) is 0. The van der Waals surface area contributed by atoms with Crippen LogP contribution in [-0.4, -0.2) is 15.2 Å². The van der Waals surface area contributed by atoms with Gasteiger partial charge in [0.2, 0.25) is 0 Å². The van der Waals surface area contributed by atoms with Crippen LogP contribution < -0.4 is 9.92 Å². The van der Waals surface area contributed by atoms with Crippen molar-refractivity contribution in [1.29, 1.82) is 0 Å². The second-order valence-electron chi connectivity index (χ2n) is 8.83. The Labute approximate surface area is 157 Å². The van der Waals surface area contributed by atoms with Gasteiger partial charge < -0.3 is 4.74 Å². The van der Waals surface area contributed by atoms with Gasteiger partial charge in [-0.15, -0.1) is 0 Å². The van der Waals surface area contributed by atoms with Crippen molar-refractivity contribution in [3.05, 3.63) is 24.3 Å². The molecule has 1 aliphatic carbocycles. The van der Waals surface area contributed by atoms with E-state index in [9.17, 15) is 0 Å². The zero-order chi connectivity index (χ0) is 18.3. The molecule has 0 aliphatic heterocycles. The molecule has 0 bridgehead atoms. The van der Waals surface area contributed by atoms with E-state index in [2.05, 4.69) is 52.0 Å². The molecule has 1 aromatic carbocycles. The highest BCUT2D eigenvalue weighted by atomic mass is 28.3. The largest absolute Gasteiger partial charge is 0.497 e. The molecule has 1 saturated carbocycles. The number of rotatable bonds is 8. The molecular weight excluding hydrogens is 320 g/mol. The van der Waals surface area contributed by atoms with Gasteiger partial charge in [0.05, 0.1) is 15.2 Å². The summed E-state index contributed by atoms with van der Waals surface area (Å²) in [6.07, 6.45) is 11.8. The van der Waals surface area contributed by atoms with Crippen LogP contribution in [0.25, 0.3) is 0 Å². The van der Waals surface area contributed by atoms with Crippen molar-refractivity contribution in [1.82, 2.24) is 0 Å². The molecule has 0 spiro atoms. The quantitative estimate of drug-likeness (QED) is 0.361. The molecule has 0 radical (unpaired) electrons. The third-order valence-corrected chi connectivity index (χ3v) is 13.6. The first-order chi connectivity index (χ1) is 12.0. The third kappa shape index (κ3) is 5.12. The molecule has 1 nitrogen and oxygen atoms in total. The van der Waals surface area contributed by atoms with Gasteiger partial charge in [0.15, 0.2) is 0 Å². The van der Waals surface area contributed by atoms with E-state index in [1.54, 1.807) is 12.3 Å². The summed E-state index contributed by atoms with van der Waals surface area (Å²) in [5.74, 6) is 1.99. The lowest BCUT2D eigenvalue weighted by molar-refractivity contribution is 0.415. The Bertz CT molecular complexity index is 475. The SMILES string of the molecule is COc1ccc([Si](CCCC2CCCCCC2)(C(C)C)C(C)C)cc1. The van der Waals surface area contributed by atoms with Crippen LogP contribution in [0.4, 0.5) is 0 Å². The lowest BCUT2D eigenvalue weighted by Gasteiger charge is -2.40. The number of benzene rings is 1. The maximum absolute atomic E-state index is 5.39. The summed E-state index contributed by atoms with van der Waals surface area (Å²) in [5.41, 5.74) is 1.57. The van der Waals surface area contributed by atoms with Crippen LogP contribution in [0.1, 0.15) is 79.1 Å². The fourth-order valence-corrected chi connectivity index (χ4v) is 11.0. The van der Waals surface area contributed by atoms with Gasteiger partial charge >= 0.3 is 0 Å². The van der Waals surface area contributed by atoms with Crippen molar-refractivity contribution in [3.63, 3.8) is 0 Å². The summed E-state index contributed by atoms with van der Waals surface area (Å²) in [6, 6.07) is 10.5. The van der Waals surface area contributed by atoms with Crippen LogP contribution in [0.5, 0.6) is 5.75 Å². The van der Waals surface area contributed by atoms with E-state index < -0.39 is 8.07 Å². The fraction of sp³-hybridized carbons (Fsp3) is 0.739. The van der Waals surface area contributed by atoms with Gasteiger partial charge in [-0.1, -0.05) is 102 Å². The van der Waals surface area contributed by atoms with Crippen molar-refractivity contribution < 1.29 is 4.74 Å². The Morgan fingerprint density at radius 3 is 1.96 bits per heavy atom. The Morgan fingerprint density at radius 1 is 0.920 bits per heavy atom. The molecule has 0 N–H and O–H groups in total. The molecule has 25 heavy (non-hydrogen) atoms. The predicted octanol–water partition coefficient (Wildman–Crippen LogP) is 6.92. The van der Waals surface area contributed by atoms with Crippen LogP contribution >= 0.6 is 0 Å². The summed E-state index contributed by atoms with van der Waals surface area (Å²) >= 11 is 0. The molecule has 142 valence electrons. The highest BCUT2D eigenvalue weighted by molar-refractivity contribution is 6.94. The van der Waals surface area contributed by atoms with Crippen LogP contribution in [0.2, 0.25) is 17.1 Å². The highest BCUT2D eigenvalue weighted by Crippen LogP contribution is 2.38. The van der Waals surface area contributed by atoms with Gasteiger partial charge in [0.25, 0.3) is 0 Å². The molecule has 2 heteroatoms. The van der Waals surface area contributed by atoms with E-state index in [0.717, 1.165) is 22.7 Å². The van der Waals surface area contributed by atoms with Gasteiger partial charge in [0.1, 0.15) is 5.75 Å². The molecule has 0 aromatic heterocycles. The van der Waals surface area contributed by atoms with E-state index in [1.165, 1.54) is 57.4 Å². The molecule has 1 fully saturated rings. The first-order valence-corrected chi connectivity index (χ1v) is 13.0. The second kappa shape index (κ2) is 9.80. The van der Waals surface area contributed by atoms with Gasteiger partial charge in [-0.2, -0.15) is 0 Å². The van der Waals surface area contributed by atoms with Crippen molar-refractivity contribution >= 4 is 13.3 Å². The smallest absolute Gasteiger partial charge is 0.118 e. The van der Waals surface area contributed by atoms with E-state index in [4.69, 9.17) is 4.74 Å². The highest BCUT2D eigenvalue weighted by Gasteiger charge is 2.40. The Balaban J connectivity index is 2.11. The standard InChI is InChI=1S/C23H40OSi/c1-19(2)25(20(3)4,23-16-14-22(24-5)15-17-23)18-10-13-21-11-8-6-7-9-12-21/h14-17,19-21H,6-13,18H2,1-5H3. The minimum atomic E-state index is -1.51. The average molecular weight is 361 g/mol. The zero-order valence-electron chi connectivity index (χ0n) is 17.3. The second-order valence-corrected chi connectivity index (χ2v) is 14.3. The van der Waals surface area contributed by atoms with E-state index in [0.29, 0.717) is 0 Å². The molecule has 1 aromatic rings. The molecular formula is C23H40OSi. The van der Waals surface area contributed by atoms with Gasteiger partial charge in [-0.05, 0) is 29.1 Å². The first-order valence-electron chi connectivity index (χ1n) is 10.6. The van der Waals surface area contributed by atoms with Crippen molar-refractivity contribution in [3.8, 4) is 5.75 Å². The zero-order valence-corrected chi connectivity index (χ0v) is 18.3. The van der Waals surface area contributed by atoms with E-state index >= 15 is 0 Å². The summed E-state index contributed by atoms with van der Waals surface area (Å²) in [5, 5.41) is 1.64. The predicted molar refractivity (Wildman–Crippen MR) is 114 cm³/mol. The Morgan fingerprint density at radius 2 is 1.48 bits per heavy atom. The first kappa shape index (κ1) is 20.5. The molecule has 0 atom stereocenters. The van der Waals surface area contributed by atoms with Crippen molar-refractivity contribution in [2.45, 2.75) is 96.2 Å². The normalized spacial score (nSPS) is 17.1. The number of hydrogen-bond donors (Lipinski definition) is 0. The lowest BCUT2D eigenvalue weighted by Crippen LogP contribution is -2.53. The van der Waals surface area contributed by atoms with Crippen molar-refractivity contribution in [2.24, 2.45) is 5.92 Å². The Kier molecular flexibility index (Phi) is 8.06. The summed E-state index contributed by atoms with van der Waals surface area (Å²) in [7, 11) is 0.247. The summed E-state index contributed by atoms with van der Waals surface area (Å²) < 4.78 is 5.39. The van der Waals surface area contributed by atoms with Gasteiger partial charge in [0, 0.05) is 0 Å². The topological polar surface area (TPSA) is 9.23 Å². The molecule has 0 unspecified atom stereocenters. The lowest BCUT2D eigenvalue weighted by atomic mass is 9.95. The summed E-state index contributed by atoms with van der Waals surface area (Å²) in [6.45, 7) is 9.90. The minimum Gasteiger partial charge on any atom is -0.497 e.